The number of hydrogen-bond donors (Lipinski definition) is 2. The average molecular weight is 355 g/mol. The molecule has 0 aliphatic heterocycles. The van der Waals surface area contributed by atoms with Crippen LogP contribution in [-0.4, -0.2) is 23.0 Å². The van der Waals surface area contributed by atoms with Gasteiger partial charge in [-0.1, -0.05) is 23.7 Å². The van der Waals surface area contributed by atoms with Crippen LogP contribution in [0.15, 0.2) is 60.9 Å². The maximum Gasteiger partial charge on any atom is 0.275 e. The van der Waals surface area contributed by atoms with Crippen LogP contribution in [-0.2, 0) is 0 Å². The number of carbonyl (C=O) groups excluding carboxylic acids is 1. The lowest BCUT2D eigenvalue weighted by molar-refractivity contribution is 0.102. The van der Waals surface area contributed by atoms with Crippen molar-refractivity contribution in [1.29, 1.82) is 0 Å². The van der Waals surface area contributed by atoms with Crippen molar-refractivity contribution in [2.24, 2.45) is 0 Å². The van der Waals surface area contributed by atoms with Gasteiger partial charge < -0.3 is 15.4 Å². The number of nitrogens with one attached hydrogen (secondary N) is 2. The number of halogens is 1. The molecule has 3 rings (SSSR count). The molecule has 0 unspecified atom stereocenters. The van der Waals surface area contributed by atoms with E-state index in [-0.39, 0.29) is 11.6 Å². The van der Waals surface area contributed by atoms with Gasteiger partial charge in [-0.3, -0.25) is 4.79 Å². The molecule has 0 spiro atoms. The fourth-order valence-corrected chi connectivity index (χ4v) is 2.31. The van der Waals surface area contributed by atoms with Crippen LogP contribution in [0.4, 0.5) is 17.2 Å². The van der Waals surface area contributed by atoms with Crippen LogP contribution in [0.1, 0.15) is 10.5 Å². The number of amides is 1. The molecule has 0 fully saturated rings. The molecule has 0 saturated carbocycles. The van der Waals surface area contributed by atoms with Crippen molar-refractivity contribution < 1.29 is 9.53 Å². The summed E-state index contributed by atoms with van der Waals surface area (Å²) in [5.74, 6) is 0.894. The first kappa shape index (κ1) is 16.7. The number of aromatic nitrogens is 2. The Bertz CT molecular complexity index is 884. The molecule has 2 N–H and O–H groups in total. The molecule has 0 aliphatic rings. The minimum Gasteiger partial charge on any atom is -0.497 e. The molecule has 0 aliphatic carbocycles. The SMILES string of the molecule is COc1cccc(Nc2cnc(C(=O)Nc3cccc(Cl)c3)cn2)c1. The minimum atomic E-state index is -0.359. The van der Waals surface area contributed by atoms with Gasteiger partial charge in [-0.15, -0.1) is 0 Å². The van der Waals surface area contributed by atoms with E-state index in [9.17, 15) is 4.79 Å². The molecule has 0 atom stereocenters. The molecule has 7 heteroatoms. The number of hydrogen-bond acceptors (Lipinski definition) is 5. The van der Waals surface area contributed by atoms with Crippen molar-refractivity contribution in [2.45, 2.75) is 0 Å². The van der Waals surface area contributed by atoms with E-state index in [4.69, 9.17) is 16.3 Å². The zero-order valence-electron chi connectivity index (χ0n) is 13.4. The molecule has 25 heavy (non-hydrogen) atoms. The summed E-state index contributed by atoms with van der Waals surface area (Å²) in [6.45, 7) is 0. The highest BCUT2D eigenvalue weighted by Crippen LogP contribution is 2.20. The summed E-state index contributed by atoms with van der Waals surface area (Å²) in [5, 5.41) is 6.36. The second kappa shape index (κ2) is 7.63. The first-order chi connectivity index (χ1) is 12.1. The molecule has 1 aromatic heterocycles. The van der Waals surface area contributed by atoms with Gasteiger partial charge in [0, 0.05) is 22.5 Å². The van der Waals surface area contributed by atoms with E-state index < -0.39 is 0 Å². The van der Waals surface area contributed by atoms with E-state index in [0.29, 0.717) is 16.5 Å². The summed E-state index contributed by atoms with van der Waals surface area (Å²) in [5.41, 5.74) is 1.61. The summed E-state index contributed by atoms with van der Waals surface area (Å²) in [6.07, 6.45) is 2.90. The first-order valence-electron chi connectivity index (χ1n) is 7.44. The van der Waals surface area contributed by atoms with Crippen molar-refractivity contribution >= 4 is 34.7 Å². The van der Waals surface area contributed by atoms with E-state index in [1.165, 1.54) is 12.4 Å². The lowest BCUT2D eigenvalue weighted by Gasteiger charge is -2.08. The monoisotopic (exact) mass is 354 g/mol. The van der Waals surface area contributed by atoms with Gasteiger partial charge in [-0.25, -0.2) is 9.97 Å². The van der Waals surface area contributed by atoms with Gasteiger partial charge in [0.05, 0.1) is 19.5 Å². The van der Waals surface area contributed by atoms with E-state index in [1.54, 1.807) is 31.4 Å². The largest absolute Gasteiger partial charge is 0.497 e. The molecule has 1 amide bonds. The zero-order valence-corrected chi connectivity index (χ0v) is 14.1. The molecule has 3 aromatic rings. The van der Waals surface area contributed by atoms with Crippen LogP contribution < -0.4 is 15.4 Å². The van der Waals surface area contributed by atoms with Gasteiger partial charge in [0.2, 0.25) is 0 Å². The number of benzene rings is 2. The smallest absolute Gasteiger partial charge is 0.275 e. The second-order valence-electron chi connectivity index (χ2n) is 5.11. The third-order valence-electron chi connectivity index (χ3n) is 3.31. The molecule has 0 bridgehead atoms. The predicted octanol–water partition coefficient (Wildman–Crippen LogP) is 4.13. The number of anilines is 3. The van der Waals surface area contributed by atoms with Gasteiger partial charge in [-0.05, 0) is 30.3 Å². The van der Waals surface area contributed by atoms with Crippen molar-refractivity contribution in [3.05, 3.63) is 71.6 Å². The molecule has 0 saturated heterocycles. The Kier molecular flexibility index (Phi) is 5.11. The van der Waals surface area contributed by atoms with E-state index in [0.717, 1.165) is 11.4 Å². The van der Waals surface area contributed by atoms with Gasteiger partial charge in [0.15, 0.2) is 0 Å². The lowest BCUT2D eigenvalue weighted by Crippen LogP contribution is -2.14. The van der Waals surface area contributed by atoms with Crippen LogP contribution in [0.25, 0.3) is 0 Å². The molecular formula is C18H15ClN4O2. The van der Waals surface area contributed by atoms with Crippen molar-refractivity contribution in [3.63, 3.8) is 0 Å². The van der Waals surface area contributed by atoms with Crippen LogP contribution >= 0.6 is 11.6 Å². The summed E-state index contributed by atoms with van der Waals surface area (Å²) in [6, 6.07) is 14.3. The van der Waals surface area contributed by atoms with Gasteiger partial charge in [0.25, 0.3) is 5.91 Å². The number of carbonyl (C=O) groups is 1. The van der Waals surface area contributed by atoms with Crippen molar-refractivity contribution in [3.8, 4) is 5.75 Å². The molecule has 0 radical (unpaired) electrons. The number of nitrogens with zero attached hydrogens (tertiary/aromatic N) is 2. The molecule has 1 heterocycles. The van der Waals surface area contributed by atoms with Crippen molar-refractivity contribution in [1.82, 2.24) is 9.97 Å². The Morgan fingerprint density at radius 3 is 2.56 bits per heavy atom. The van der Waals surface area contributed by atoms with Crippen LogP contribution in [0, 0.1) is 0 Å². The fourth-order valence-electron chi connectivity index (χ4n) is 2.12. The molecule has 126 valence electrons. The lowest BCUT2D eigenvalue weighted by atomic mass is 10.3. The second-order valence-corrected chi connectivity index (χ2v) is 5.54. The first-order valence-corrected chi connectivity index (χ1v) is 7.82. The number of methoxy groups -OCH3 is 1. The molecular weight excluding hydrogens is 340 g/mol. The summed E-state index contributed by atoms with van der Waals surface area (Å²) in [7, 11) is 1.60. The number of ether oxygens (including phenoxy) is 1. The van der Waals surface area contributed by atoms with E-state index in [2.05, 4.69) is 20.6 Å². The number of rotatable bonds is 5. The van der Waals surface area contributed by atoms with Crippen LogP contribution in [0.5, 0.6) is 5.75 Å². The van der Waals surface area contributed by atoms with E-state index >= 15 is 0 Å². The maximum absolute atomic E-state index is 12.2. The quantitative estimate of drug-likeness (QED) is 0.720. The summed E-state index contributed by atoms with van der Waals surface area (Å²) in [4.78, 5) is 20.5. The van der Waals surface area contributed by atoms with E-state index in [1.807, 2.05) is 24.3 Å². The Balaban J connectivity index is 1.68. The Morgan fingerprint density at radius 2 is 1.84 bits per heavy atom. The fraction of sp³-hybridized carbons (Fsp3) is 0.0556. The normalized spacial score (nSPS) is 10.2. The molecule has 6 nitrogen and oxygen atoms in total. The van der Waals surface area contributed by atoms with Gasteiger partial charge in [-0.2, -0.15) is 0 Å². The average Bonchev–Trinajstić information content (AvgIpc) is 2.62. The zero-order chi connectivity index (χ0) is 17.6. The Labute approximate surface area is 149 Å². The third kappa shape index (κ3) is 4.45. The summed E-state index contributed by atoms with van der Waals surface area (Å²) >= 11 is 5.90. The van der Waals surface area contributed by atoms with Crippen molar-refractivity contribution in [2.75, 3.05) is 17.7 Å². The highest BCUT2D eigenvalue weighted by Gasteiger charge is 2.09. The van der Waals surface area contributed by atoms with Crippen LogP contribution in [0.3, 0.4) is 0 Å². The minimum absolute atomic E-state index is 0.205. The maximum atomic E-state index is 12.2. The Hall–Kier alpha value is -3.12. The summed E-state index contributed by atoms with van der Waals surface area (Å²) < 4.78 is 5.17. The topological polar surface area (TPSA) is 76.1 Å². The highest BCUT2D eigenvalue weighted by atomic mass is 35.5. The molecule has 2 aromatic carbocycles. The van der Waals surface area contributed by atoms with Gasteiger partial charge >= 0.3 is 0 Å². The van der Waals surface area contributed by atoms with Gasteiger partial charge in [0.1, 0.15) is 17.3 Å². The Morgan fingerprint density at radius 1 is 1.04 bits per heavy atom. The standard InChI is InChI=1S/C18H15ClN4O2/c1-25-15-7-3-6-14(9-15)22-17-11-20-16(10-21-17)18(24)23-13-5-2-4-12(19)8-13/h2-11H,1H3,(H,21,22)(H,23,24). The predicted molar refractivity (Wildman–Crippen MR) is 97.7 cm³/mol. The third-order valence-corrected chi connectivity index (χ3v) is 3.54. The highest BCUT2D eigenvalue weighted by molar-refractivity contribution is 6.30. The van der Waals surface area contributed by atoms with Crippen LogP contribution in [0.2, 0.25) is 5.02 Å².